The number of para-hydroxylation sites is 1. The molecule has 0 aliphatic carbocycles. The number of aromatic hydroxyl groups is 1. The number of hydrogen-bond acceptors (Lipinski definition) is 3. The molecule has 0 atom stereocenters. The van der Waals surface area contributed by atoms with E-state index in [0.717, 1.165) is 0 Å². The Labute approximate surface area is 86.4 Å². The molecule has 0 saturated carbocycles. The van der Waals surface area contributed by atoms with Crippen LogP contribution >= 0.6 is 0 Å². The molecule has 0 amide bonds. The van der Waals surface area contributed by atoms with Crippen molar-refractivity contribution in [3.63, 3.8) is 0 Å². The van der Waals surface area contributed by atoms with Gasteiger partial charge in [-0.15, -0.1) is 0 Å². The fourth-order valence-corrected chi connectivity index (χ4v) is 1.61. The van der Waals surface area contributed by atoms with Crippen molar-refractivity contribution in [3.05, 3.63) is 29.3 Å². The molecule has 4 nitrogen and oxygen atoms in total. The minimum absolute atomic E-state index is 0.00819. The van der Waals surface area contributed by atoms with Crippen LogP contribution in [0, 0.1) is 0 Å². The van der Waals surface area contributed by atoms with E-state index in [2.05, 4.69) is 0 Å². The standard InChI is InChI=1S/C11H10O4/c1-6-7-3-2-4-9(12)10(7)15-5-8(6)11(13)14/h2-4,12H,5H2,1H3,(H,13,14). The molecule has 0 saturated heterocycles. The van der Waals surface area contributed by atoms with Crippen molar-refractivity contribution < 1.29 is 19.7 Å². The molecule has 78 valence electrons. The number of carboxylic acids is 1. The van der Waals surface area contributed by atoms with Gasteiger partial charge in [0.1, 0.15) is 6.61 Å². The molecule has 0 spiro atoms. The molecule has 1 heterocycles. The maximum Gasteiger partial charge on any atom is 0.335 e. The Kier molecular flexibility index (Phi) is 2.11. The zero-order valence-electron chi connectivity index (χ0n) is 8.15. The molecule has 1 aromatic carbocycles. The summed E-state index contributed by atoms with van der Waals surface area (Å²) in [5.41, 5.74) is 1.51. The molecule has 1 aliphatic rings. The van der Waals surface area contributed by atoms with Gasteiger partial charge >= 0.3 is 5.97 Å². The van der Waals surface area contributed by atoms with Gasteiger partial charge in [0.15, 0.2) is 11.5 Å². The number of carbonyl (C=O) groups is 1. The highest BCUT2D eigenvalue weighted by Gasteiger charge is 2.23. The van der Waals surface area contributed by atoms with Crippen molar-refractivity contribution >= 4 is 11.5 Å². The van der Waals surface area contributed by atoms with E-state index < -0.39 is 5.97 Å². The van der Waals surface area contributed by atoms with Crippen LogP contribution in [-0.2, 0) is 4.79 Å². The van der Waals surface area contributed by atoms with Crippen molar-refractivity contribution in [1.29, 1.82) is 0 Å². The van der Waals surface area contributed by atoms with Crippen LogP contribution in [0.25, 0.3) is 5.57 Å². The molecule has 0 fully saturated rings. The number of hydrogen-bond donors (Lipinski definition) is 2. The van der Waals surface area contributed by atoms with E-state index in [0.29, 0.717) is 16.9 Å². The summed E-state index contributed by atoms with van der Waals surface area (Å²) < 4.78 is 5.21. The summed E-state index contributed by atoms with van der Waals surface area (Å²) in [7, 11) is 0. The van der Waals surface area contributed by atoms with Gasteiger partial charge in [0.2, 0.25) is 0 Å². The van der Waals surface area contributed by atoms with E-state index in [9.17, 15) is 9.90 Å². The lowest BCUT2D eigenvalue weighted by molar-refractivity contribution is -0.133. The fraction of sp³-hybridized carbons (Fsp3) is 0.182. The fourth-order valence-electron chi connectivity index (χ4n) is 1.61. The van der Waals surface area contributed by atoms with Crippen molar-refractivity contribution in [2.24, 2.45) is 0 Å². The first kappa shape index (κ1) is 9.58. The smallest absolute Gasteiger partial charge is 0.335 e. The highest BCUT2D eigenvalue weighted by molar-refractivity contribution is 5.98. The molecular formula is C11H10O4. The summed E-state index contributed by atoms with van der Waals surface area (Å²) >= 11 is 0. The van der Waals surface area contributed by atoms with Gasteiger partial charge in [-0.3, -0.25) is 0 Å². The highest BCUT2D eigenvalue weighted by Crippen LogP contribution is 2.38. The number of benzene rings is 1. The molecule has 2 N–H and O–H groups in total. The topological polar surface area (TPSA) is 66.8 Å². The third-order valence-electron chi connectivity index (χ3n) is 2.47. The van der Waals surface area contributed by atoms with Crippen LogP contribution in [0.15, 0.2) is 23.8 Å². The first-order valence-corrected chi connectivity index (χ1v) is 4.49. The maximum absolute atomic E-state index is 10.9. The van der Waals surface area contributed by atoms with Crippen LogP contribution in [0.5, 0.6) is 11.5 Å². The summed E-state index contributed by atoms with van der Waals surface area (Å²) in [4.78, 5) is 10.9. The second-order valence-electron chi connectivity index (χ2n) is 3.35. The van der Waals surface area contributed by atoms with Gasteiger partial charge in [-0.25, -0.2) is 4.79 Å². The largest absolute Gasteiger partial charge is 0.504 e. The second-order valence-corrected chi connectivity index (χ2v) is 3.35. The maximum atomic E-state index is 10.9. The minimum Gasteiger partial charge on any atom is -0.504 e. The lowest BCUT2D eigenvalue weighted by Gasteiger charge is -2.20. The van der Waals surface area contributed by atoms with Crippen LogP contribution in [0.4, 0.5) is 0 Å². The predicted molar refractivity (Wildman–Crippen MR) is 53.8 cm³/mol. The number of phenolic OH excluding ortho intramolecular Hbond substituents is 1. The second kappa shape index (κ2) is 3.31. The lowest BCUT2D eigenvalue weighted by Crippen LogP contribution is -2.16. The number of rotatable bonds is 1. The molecule has 0 unspecified atom stereocenters. The summed E-state index contributed by atoms with van der Waals surface area (Å²) in [5, 5.41) is 18.4. The van der Waals surface area contributed by atoms with Crippen LogP contribution in [0.2, 0.25) is 0 Å². The molecule has 2 rings (SSSR count). The number of carboxylic acid groups (broad SMARTS) is 1. The third-order valence-corrected chi connectivity index (χ3v) is 2.47. The first-order valence-electron chi connectivity index (χ1n) is 4.49. The quantitative estimate of drug-likeness (QED) is 0.733. The minimum atomic E-state index is -0.985. The van der Waals surface area contributed by atoms with Gasteiger partial charge in [0.25, 0.3) is 0 Å². The number of ether oxygens (including phenoxy) is 1. The number of allylic oxidation sites excluding steroid dienone is 1. The zero-order valence-corrected chi connectivity index (χ0v) is 8.15. The number of fused-ring (bicyclic) bond motifs is 1. The van der Waals surface area contributed by atoms with Gasteiger partial charge in [0.05, 0.1) is 5.57 Å². The van der Waals surface area contributed by atoms with E-state index >= 15 is 0 Å². The Hall–Kier alpha value is -1.97. The van der Waals surface area contributed by atoms with Gasteiger partial charge in [-0.05, 0) is 18.6 Å². The number of aliphatic carboxylic acids is 1. The third kappa shape index (κ3) is 1.44. The Balaban J connectivity index is 2.62. The first-order chi connectivity index (χ1) is 7.11. The predicted octanol–water partition coefficient (Wildman–Crippen LogP) is 1.64. The lowest BCUT2D eigenvalue weighted by atomic mass is 9.98. The van der Waals surface area contributed by atoms with Crippen LogP contribution in [-0.4, -0.2) is 22.8 Å². The van der Waals surface area contributed by atoms with E-state index in [1.54, 1.807) is 19.1 Å². The van der Waals surface area contributed by atoms with Crippen LogP contribution < -0.4 is 4.74 Å². The molecule has 0 aromatic heterocycles. The van der Waals surface area contributed by atoms with Gasteiger partial charge in [-0.2, -0.15) is 0 Å². The Morgan fingerprint density at radius 2 is 2.20 bits per heavy atom. The Morgan fingerprint density at radius 3 is 2.87 bits per heavy atom. The normalized spacial score (nSPS) is 14.5. The Morgan fingerprint density at radius 1 is 1.47 bits per heavy atom. The molecule has 0 radical (unpaired) electrons. The van der Waals surface area contributed by atoms with E-state index in [4.69, 9.17) is 9.84 Å². The monoisotopic (exact) mass is 206 g/mol. The molecule has 15 heavy (non-hydrogen) atoms. The zero-order chi connectivity index (χ0) is 11.0. The molecule has 0 bridgehead atoms. The Bertz CT molecular complexity index is 460. The van der Waals surface area contributed by atoms with Crippen molar-refractivity contribution in [2.45, 2.75) is 6.92 Å². The summed E-state index contributed by atoms with van der Waals surface area (Å²) in [6.07, 6.45) is 0. The van der Waals surface area contributed by atoms with E-state index in [1.807, 2.05) is 0 Å². The summed E-state index contributed by atoms with van der Waals surface area (Å²) in [6.45, 7) is 1.70. The molecular weight excluding hydrogens is 196 g/mol. The van der Waals surface area contributed by atoms with Crippen molar-refractivity contribution in [1.82, 2.24) is 0 Å². The van der Waals surface area contributed by atoms with Crippen molar-refractivity contribution in [3.8, 4) is 11.5 Å². The molecule has 4 heteroatoms. The molecule has 1 aromatic rings. The highest BCUT2D eigenvalue weighted by atomic mass is 16.5. The van der Waals surface area contributed by atoms with Gasteiger partial charge < -0.3 is 14.9 Å². The van der Waals surface area contributed by atoms with E-state index in [-0.39, 0.29) is 17.9 Å². The van der Waals surface area contributed by atoms with E-state index in [1.165, 1.54) is 6.07 Å². The van der Waals surface area contributed by atoms with Gasteiger partial charge in [0, 0.05) is 5.56 Å². The summed E-state index contributed by atoms with van der Waals surface area (Å²) in [6, 6.07) is 4.90. The van der Waals surface area contributed by atoms with Crippen molar-refractivity contribution in [2.75, 3.05) is 6.61 Å². The SMILES string of the molecule is CC1=C(C(=O)O)COc2c(O)cccc21. The average molecular weight is 206 g/mol. The molecule has 1 aliphatic heterocycles. The van der Waals surface area contributed by atoms with Crippen LogP contribution in [0.1, 0.15) is 12.5 Å². The number of phenols is 1. The van der Waals surface area contributed by atoms with Gasteiger partial charge in [-0.1, -0.05) is 12.1 Å². The summed E-state index contributed by atoms with van der Waals surface area (Å²) in [5.74, 6) is -0.585. The van der Waals surface area contributed by atoms with Crippen LogP contribution in [0.3, 0.4) is 0 Å². The average Bonchev–Trinajstić information content (AvgIpc) is 2.19.